The maximum atomic E-state index is 5.31. The van der Waals surface area contributed by atoms with Gasteiger partial charge in [0.05, 0.1) is 17.8 Å². The quantitative estimate of drug-likeness (QED) is 0.629. The highest BCUT2D eigenvalue weighted by Gasteiger charge is 2.14. The highest BCUT2D eigenvalue weighted by atomic mass is 79.9. The van der Waals surface area contributed by atoms with Crippen LogP contribution < -0.4 is 9.64 Å². The molecule has 0 atom stereocenters. The zero-order valence-electron chi connectivity index (χ0n) is 13.4. The van der Waals surface area contributed by atoms with Crippen molar-refractivity contribution in [2.45, 2.75) is 13.1 Å². The van der Waals surface area contributed by atoms with Crippen LogP contribution in [0.5, 0.6) is 5.88 Å². The highest BCUT2D eigenvalue weighted by molar-refractivity contribution is 9.10. The lowest BCUT2D eigenvalue weighted by atomic mass is 10.2. The fourth-order valence-corrected chi connectivity index (χ4v) is 2.80. The topological polar surface area (TPSA) is 38.2 Å². The lowest BCUT2D eigenvalue weighted by molar-refractivity contribution is 0.393. The SMILES string of the molecule is COc1nc(N(Cc2ccccc2)Cc2ccccc2)ncc1Br. The summed E-state index contributed by atoms with van der Waals surface area (Å²) in [5, 5.41) is 0. The first-order chi connectivity index (χ1) is 11.8. The Bertz CT molecular complexity index is 740. The molecular weight excluding hydrogens is 366 g/mol. The Kier molecular flexibility index (Phi) is 5.43. The maximum absolute atomic E-state index is 5.31. The van der Waals surface area contributed by atoms with Gasteiger partial charge in [-0.3, -0.25) is 0 Å². The Hall–Kier alpha value is -2.40. The second-order valence-corrected chi connectivity index (χ2v) is 6.21. The van der Waals surface area contributed by atoms with Crippen molar-refractivity contribution < 1.29 is 4.74 Å². The molecule has 122 valence electrons. The van der Waals surface area contributed by atoms with Crippen LogP contribution in [0.25, 0.3) is 0 Å². The molecule has 0 fully saturated rings. The van der Waals surface area contributed by atoms with Gasteiger partial charge in [-0.2, -0.15) is 4.98 Å². The Morgan fingerprint density at radius 2 is 1.46 bits per heavy atom. The van der Waals surface area contributed by atoms with Crippen LogP contribution in [-0.4, -0.2) is 17.1 Å². The third-order valence-corrected chi connectivity index (χ3v) is 4.15. The largest absolute Gasteiger partial charge is 0.480 e. The van der Waals surface area contributed by atoms with Crippen molar-refractivity contribution in [2.24, 2.45) is 0 Å². The van der Waals surface area contributed by atoms with E-state index in [2.05, 4.69) is 55.1 Å². The first-order valence-electron chi connectivity index (χ1n) is 7.65. The van der Waals surface area contributed by atoms with Crippen molar-refractivity contribution >= 4 is 21.9 Å². The van der Waals surface area contributed by atoms with Gasteiger partial charge in [-0.1, -0.05) is 60.7 Å². The lowest BCUT2D eigenvalue weighted by Gasteiger charge is -2.23. The van der Waals surface area contributed by atoms with E-state index in [-0.39, 0.29) is 0 Å². The van der Waals surface area contributed by atoms with Crippen LogP contribution in [0, 0.1) is 0 Å². The van der Waals surface area contributed by atoms with E-state index in [4.69, 9.17) is 4.74 Å². The van der Waals surface area contributed by atoms with E-state index < -0.39 is 0 Å². The zero-order chi connectivity index (χ0) is 16.8. The summed E-state index contributed by atoms with van der Waals surface area (Å²) in [4.78, 5) is 11.1. The number of ether oxygens (including phenoxy) is 1. The van der Waals surface area contributed by atoms with Gasteiger partial charge >= 0.3 is 0 Å². The molecule has 3 rings (SSSR count). The van der Waals surface area contributed by atoms with Crippen LogP contribution in [0.3, 0.4) is 0 Å². The molecule has 0 bridgehead atoms. The van der Waals surface area contributed by atoms with Crippen LogP contribution in [0.4, 0.5) is 5.95 Å². The van der Waals surface area contributed by atoms with Crippen LogP contribution in [-0.2, 0) is 13.1 Å². The van der Waals surface area contributed by atoms with E-state index in [0.29, 0.717) is 11.8 Å². The minimum atomic E-state index is 0.533. The number of hydrogen-bond donors (Lipinski definition) is 0. The molecule has 24 heavy (non-hydrogen) atoms. The van der Waals surface area contributed by atoms with E-state index in [0.717, 1.165) is 17.6 Å². The van der Waals surface area contributed by atoms with Gasteiger partial charge in [0.2, 0.25) is 11.8 Å². The smallest absolute Gasteiger partial charge is 0.232 e. The molecular formula is C19H18BrN3O. The second kappa shape index (κ2) is 7.93. The van der Waals surface area contributed by atoms with Crippen molar-refractivity contribution in [3.05, 3.63) is 82.5 Å². The molecule has 0 radical (unpaired) electrons. The molecule has 0 aliphatic carbocycles. The minimum Gasteiger partial charge on any atom is -0.480 e. The molecule has 4 nitrogen and oxygen atoms in total. The molecule has 1 aromatic heterocycles. The Balaban J connectivity index is 1.91. The summed E-state index contributed by atoms with van der Waals surface area (Å²) in [7, 11) is 1.61. The molecule has 1 heterocycles. The average molecular weight is 384 g/mol. The number of anilines is 1. The standard InChI is InChI=1S/C19H18BrN3O/c1-24-18-17(20)12-21-19(22-18)23(13-15-8-4-2-5-9-15)14-16-10-6-3-7-11-16/h2-12H,13-14H2,1H3. The fourth-order valence-electron chi connectivity index (χ4n) is 2.44. The number of nitrogens with zero attached hydrogens (tertiary/aromatic N) is 3. The summed E-state index contributed by atoms with van der Waals surface area (Å²) in [6.07, 6.45) is 1.73. The molecule has 0 saturated carbocycles. The van der Waals surface area contributed by atoms with Crippen LogP contribution >= 0.6 is 15.9 Å². The van der Waals surface area contributed by atoms with Crippen molar-refractivity contribution in [3.8, 4) is 5.88 Å². The van der Waals surface area contributed by atoms with Crippen molar-refractivity contribution in [2.75, 3.05) is 12.0 Å². The monoisotopic (exact) mass is 383 g/mol. The second-order valence-electron chi connectivity index (χ2n) is 5.35. The Labute approximate surface area is 150 Å². The van der Waals surface area contributed by atoms with Gasteiger partial charge in [0.25, 0.3) is 0 Å². The molecule has 2 aromatic carbocycles. The maximum Gasteiger partial charge on any atom is 0.232 e. The van der Waals surface area contributed by atoms with Crippen LogP contribution in [0.1, 0.15) is 11.1 Å². The molecule has 0 saturated heterocycles. The number of halogens is 1. The number of aromatic nitrogens is 2. The van der Waals surface area contributed by atoms with Crippen LogP contribution in [0.15, 0.2) is 71.3 Å². The Morgan fingerprint density at radius 1 is 0.917 bits per heavy atom. The van der Waals surface area contributed by atoms with E-state index in [1.165, 1.54) is 11.1 Å². The lowest BCUT2D eigenvalue weighted by Crippen LogP contribution is -2.24. The predicted molar refractivity (Wildman–Crippen MR) is 99.1 cm³/mol. The number of hydrogen-bond acceptors (Lipinski definition) is 4. The third kappa shape index (κ3) is 4.11. The molecule has 5 heteroatoms. The summed E-state index contributed by atoms with van der Waals surface area (Å²) in [6.45, 7) is 1.45. The van der Waals surface area contributed by atoms with E-state index in [1.54, 1.807) is 13.3 Å². The van der Waals surface area contributed by atoms with Gasteiger partial charge in [-0.25, -0.2) is 4.98 Å². The number of benzene rings is 2. The molecule has 3 aromatic rings. The molecule has 0 unspecified atom stereocenters. The number of methoxy groups -OCH3 is 1. The number of rotatable bonds is 6. The summed E-state index contributed by atoms with van der Waals surface area (Å²) >= 11 is 3.40. The minimum absolute atomic E-state index is 0.533. The van der Waals surface area contributed by atoms with E-state index in [9.17, 15) is 0 Å². The predicted octanol–water partition coefficient (Wildman–Crippen LogP) is 4.45. The zero-order valence-corrected chi connectivity index (χ0v) is 15.0. The van der Waals surface area contributed by atoms with Gasteiger partial charge in [0.15, 0.2) is 0 Å². The molecule has 0 aliphatic heterocycles. The summed E-state index contributed by atoms with van der Waals surface area (Å²) in [5.41, 5.74) is 2.41. The van der Waals surface area contributed by atoms with Gasteiger partial charge < -0.3 is 9.64 Å². The third-order valence-electron chi connectivity index (χ3n) is 3.61. The van der Waals surface area contributed by atoms with E-state index in [1.807, 2.05) is 36.4 Å². The Morgan fingerprint density at radius 3 is 1.96 bits per heavy atom. The van der Waals surface area contributed by atoms with Gasteiger partial charge in [-0.15, -0.1) is 0 Å². The fraction of sp³-hybridized carbons (Fsp3) is 0.158. The van der Waals surface area contributed by atoms with E-state index >= 15 is 0 Å². The van der Waals surface area contributed by atoms with Crippen molar-refractivity contribution in [1.82, 2.24) is 9.97 Å². The van der Waals surface area contributed by atoms with Gasteiger partial charge in [-0.05, 0) is 27.1 Å². The normalized spacial score (nSPS) is 10.4. The first kappa shape index (κ1) is 16.5. The molecule has 0 aliphatic rings. The summed E-state index contributed by atoms with van der Waals surface area (Å²) in [5.74, 6) is 1.17. The summed E-state index contributed by atoms with van der Waals surface area (Å²) in [6, 6.07) is 20.6. The molecule has 0 spiro atoms. The first-order valence-corrected chi connectivity index (χ1v) is 8.45. The van der Waals surface area contributed by atoms with Crippen molar-refractivity contribution in [3.63, 3.8) is 0 Å². The van der Waals surface area contributed by atoms with Gasteiger partial charge in [0.1, 0.15) is 0 Å². The molecule has 0 N–H and O–H groups in total. The highest BCUT2D eigenvalue weighted by Crippen LogP contribution is 2.25. The van der Waals surface area contributed by atoms with Crippen LogP contribution in [0.2, 0.25) is 0 Å². The summed E-state index contributed by atoms with van der Waals surface area (Å²) < 4.78 is 6.06. The average Bonchev–Trinajstić information content (AvgIpc) is 2.63. The van der Waals surface area contributed by atoms with Gasteiger partial charge in [0, 0.05) is 13.1 Å². The van der Waals surface area contributed by atoms with Crippen molar-refractivity contribution in [1.29, 1.82) is 0 Å². The molecule has 0 amide bonds.